The van der Waals surface area contributed by atoms with Crippen molar-refractivity contribution in [2.75, 3.05) is 6.54 Å². The molecule has 2 aromatic carbocycles. The molecule has 0 aliphatic carbocycles. The normalized spacial score (nSPS) is 18.9. The highest BCUT2D eigenvalue weighted by molar-refractivity contribution is 5.85. The Morgan fingerprint density at radius 1 is 1.15 bits per heavy atom. The highest BCUT2D eigenvalue weighted by atomic mass is 35.5. The Morgan fingerprint density at radius 3 is 2.46 bits per heavy atom. The fourth-order valence-corrected chi connectivity index (χ4v) is 3.53. The van der Waals surface area contributed by atoms with Gasteiger partial charge in [-0.3, -0.25) is 4.79 Å². The lowest BCUT2D eigenvalue weighted by molar-refractivity contribution is -0.134. The zero-order valence-electron chi connectivity index (χ0n) is 15.0. The molecule has 1 heterocycles. The number of halogens is 1. The lowest BCUT2D eigenvalue weighted by atomic mass is 9.99. The van der Waals surface area contributed by atoms with Crippen LogP contribution in [0.1, 0.15) is 48.1 Å². The molecule has 1 saturated heterocycles. The monoisotopic (exact) mass is 374 g/mol. The number of benzene rings is 2. The first kappa shape index (κ1) is 20.4. The summed E-state index contributed by atoms with van der Waals surface area (Å²) in [6, 6.07) is 16.8. The van der Waals surface area contributed by atoms with Gasteiger partial charge in [0.1, 0.15) is 6.04 Å². The van der Waals surface area contributed by atoms with Gasteiger partial charge in [-0.2, -0.15) is 0 Å². The van der Waals surface area contributed by atoms with Gasteiger partial charge in [-0.05, 0) is 37.3 Å². The summed E-state index contributed by atoms with van der Waals surface area (Å²) in [4.78, 5) is 14.7. The molecule has 26 heavy (non-hydrogen) atoms. The molecule has 0 saturated carbocycles. The largest absolute Gasteiger partial charge is 0.388 e. The number of aryl methyl sites for hydroxylation is 1. The summed E-state index contributed by atoms with van der Waals surface area (Å²) >= 11 is 0. The molecule has 2 aromatic rings. The van der Waals surface area contributed by atoms with Crippen molar-refractivity contribution >= 4 is 18.3 Å². The van der Waals surface area contributed by atoms with Crippen molar-refractivity contribution in [2.24, 2.45) is 5.73 Å². The predicted octanol–water partition coefficient (Wildman–Crippen LogP) is 3.53. The Labute approximate surface area is 161 Å². The number of hydrogen-bond acceptors (Lipinski definition) is 3. The molecule has 140 valence electrons. The molecular formula is C21H27ClN2O2. The molecule has 3 N–H and O–H groups in total. The van der Waals surface area contributed by atoms with Crippen LogP contribution in [0.25, 0.3) is 0 Å². The van der Waals surface area contributed by atoms with E-state index in [0.717, 1.165) is 29.5 Å². The number of carbonyl (C=O) groups excluding carboxylic acids is 1. The van der Waals surface area contributed by atoms with Crippen LogP contribution in [0.2, 0.25) is 0 Å². The number of hydrogen-bond donors (Lipinski definition) is 2. The van der Waals surface area contributed by atoms with Gasteiger partial charge < -0.3 is 15.7 Å². The van der Waals surface area contributed by atoms with Gasteiger partial charge in [0.25, 0.3) is 0 Å². The van der Waals surface area contributed by atoms with E-state index in [0.29, 0.717) is 13.0 Å². The first-order valence-corrected chi connectivity index (χ1v) is 8.92. The van der Waals surface area contributed by atoms with Crippen molar-refractivity contribution in [1.82, 2.24) is 4.90 Å². The summed E-state index contributed by atoms with van der Waals surface area (Å²) in [7, 11) is 0. The van der Waals surface area contributed by atoms with Gasteiger partial charge in [0.15, 0.2) is 0 Å². The fourth-order valence-electron chi connectivity index (χ4n) is 3.53. The number of nitrogens with two attached hydrogens (primary N) is 1. The molecule has 5 heteroatoms. The van der Waals surface area contributed by atoms with Crippen molar-refractivity contribution in [2.45, 2.75) is 44.4 Å². The smallest absolute Gasteiger partial charge is 0.244 e. The topological polar surface area (TPSA) is 66.6 Å². The molecule has 0 aromatic heterocycles. The predicted molar refractivity (Wildman–Crippen MR) is 106 cm³/mol. The van der Waals surface area contributed by atoms with E-state index in [1.807, 2.05) is 66.4 Å². The lowest BCUT2D eigenvalue weighted by Gasteiger charge is -2.29. The molecule has 1 fully saturated rings. The average Bonchev–Trinajstić information content (AvgIpc) is 3.10. The van der Waals surface area contributed by atoms with Crippen LogP contribution in [-0.2, 0) is 4.79 Å². The Balaban J connectivity index is 0.00000243. The molecule has 0 radical (unpaired) electrons. The van der Waals surface area contributed by atoms with Crippen LogP contribution >= 0.6 is 12.4 Å². The maximum atomic E-state index is 12.9. The maximum Gasteiger partial charge on any atom is 0.244 e. The second kappa shape index (κ2) is 9.17. The van der Waals surface area contributed by atoms with Crippen molar-refractivity contribution in [3.05, 3.63) is 71.3 Å². The highest BCUT2D eigenvalue weighted by Crippen LogP contribution is 2.29. The third kappa shape index (κ3) is 4.64. The molecule has 1 amide bonds. The molecule has 3 unspecified atom stereocenters. The number of rotatable bonds is 5. The second-order valence-electron chi connectivity index (χ2n) is 6.88. The van der Waals surface area contributed by atoms with E-state index in [-0.39, 0.29) is 24.4 Å². The lowest BCUT2D eigenvalue weighted by Crippen LogP contribution is -2.42. The van der Waals surface area contributed by atoms with Gasteiger partial charge in [-0.15, -0.1) is 12.4 Å². The Morgan fingerprint density at radius 2 is 1.81 bits per heavy atom. The standard InChI is InChI=1S/C21H26N2O2.ClH/c1-15-9-11-17(12-10-15)20(22)21(25)23-13-5-8-18(23)14-19(24)16-6-3-2-4-7-16;/h2-4,6-7,9-12,18-20,24H,5,8,13-14,22H2,1H3;1H. The summed E-state index contributed by atoms with van der Waals surface area (Å²) in [6.45, 7) is 2.73. The molecule has 4 nitrogen and oxygen atoms in total. The molecule has 0 bridgehead atoms. The van der Waals surface area contributed by atoms with Gasteiger partial charge in [0.2, 0.25) is 5.91 Å². The average molecular weight is 375 g/mol. The first-order chi connectivity index (χ1) is 12.1. The number of carbonyl (C=O) groups is 1. The Kier molecular flexibility index (Phi) is 7.21. The van der Waals surface area contributed by atoms with Gasteiger partial charge >= 0.3 is 0 Å². The molecule has 3 atom stereocenters. The van der Waals surface area contributed by atoms with E-state index in [1.54, 1.807) is 0 Å². The van der Waals surface area contributed by atoms with E-state index in [4.69, 9.17) is 5.73 Å². The third-order valence-electron chi connectivity index (χ3n) is 5.04. The van der Waals surface area contributed by atoms with Crippen LogP contribution in [0.4, 0.5) is 0 Å². The minimum Gasteiger partial charge on any atom is -0.388 e. The van der Waals surface area contributed by atoms with Crippen LogP contribution in [0.5, 0.6) is 0 Å². The van der Waals surface area contributed by atoms with E-state index in [9.17, 15) is 9.90 Å². The maximum absolute atomic E-state index is 12.9. The van der Waals surface area contributed by atoms with Gasteiger partial charge in [-0.1, -0.05) is 60.2 Å². The molecule has 0 spiro atoms. The van der Waals surface area contributed by atoms with Crippen LogP contribution in [0.15, 0.2) is 54.6 Å². The van der Waals surface area contributed by atoms with Crippen molar-refractivity contribution in [1.29, 1.82) is 0 Å². The van der Waals surface area contributed by atoms with Crippen LogP contribution in [0, 0.1) is 6.92 Å². The molecule has 3 rings (SSSR count). The Hall–Kier alpha value is -1.88. The van der Waals surface area contributed by atoms with E-state index in [1.165, 1.54) is 0 Å². The van der Waals surface area contributed by atoms with Crippen LogP contribution < -0.4 is 5.73 Å². The van der Waals surface area contributed by atoms with E-state index < -0.39 is 12.1 Å². The van der Waals surface area contributed by atoms with Gasteiger partial charge in [0, 0.05) is 12.6 Å². The summed E-state index contributed by atoms with van der Waals surface area (Å²) in [5.41, 5.74) is 9.10. The Bertz CT molecular complexity index is 706. The minimum absolute atomic E-state index is 0. The first-order valence-electron chi connectivity index (χ1n) is 8.92. The quantitative estimate of drug-likeness (QED) is 0.841. The summed E-state index contributed by atoms with van der Waals surface area (Å²) in [5, 5.41) is 10.5. The van der Waals surface area contributed by atoms with Crippen LogP contribution in [-0.4, -0.2) is 28.5 Å². The van der Waals surface area contributed by atoms with E-state index in [2.05, 4.69) is 0 Å². The van der Waals surface area contributed by atoms with Gasteiger partial charge in [-0.25, -0.2) is 0 Å². The number of nitrogens with zero attached hydrogens (tertiary/aromatic N) is 1. The zero-order valence-corrected chi connectivity index (χ0v) is 15.9. The second-order valence-corrected chi connectivity index (χ2v) is 6.88. The summed E-state index contributed by atoms with van der Waals surface area (Å²) in [6.07, 6.45) is 1.86. The third-order valence-corrected chi connectivity index (χ3v) is 5.04. The molecule has 1 aliphatic heterocycles. The van der Waals surface area contributed by atoms with Gasteiger partial charge in [0.05, 0.1) is 6.10 Å². The van der Waals surface area contributed by atoms with E-state index >= 15 is 0 Å². The van der Waals surface area contributed by atoms with Crippen molar-refractivity contribution in [3.8, 4) is 0 Å². The highest BCUT2D eigenvalue weighted by Gasteiger charge is 2.33. The molecular weight excluding hydrogens is 348 g/mol. The summed E-state index contributed by atoms with van der Waals surface area (Å²) in [5.74, 6) is -0.0494. The minimum atomic E-state index is -0.643. The van der Waals surface area contributed by atoms with Crippen molar-refractivity contribution in [3.63, 3.8) is 0 Å². The van der Waals surface area contributed by atoms with Crippen LogP contribution in [0.3, 0.4) is 0 Å². The van der Waals surface area contributed by atoms with Crippen molar-refractivity contribution < 1.29 is 9.90 Å². The number of aliphatic hydroxyl groups is 1. The molecule has 1 aliphatic rings. The zero-order chi connectivity index (χ0) is 17.8. The number of aliphatic hydroxyl groups excluding tert-OH is 1. The summed E-state index contributed by atoms with van der Waals surface area (Å²) < 4.78 is 0. The number of likely N-dealkylation sites (tertiary alicyclic amines) is 1. The fraction of sp³-hybridized carbons (Fsp3) is 0.381. The number of amides is 1. The SMILES string of the molecule is Cc1ccc(C(N)C(=O)N2CCCC2CC(O)c2ccccc2)cc1.Cl.